The summed E-state index contributed by atoms with van der Waals surface area (Å²) in [7, 11) is 2.01. The van der Waals surface area contributed by atoms with Gasteiger partial charge in [-0.3, -0.25) is 9.78 Å². The number of nitrogens with zero attached hydrogens (tertiary/aromatic N) is 4. The molecular weight excluding hydrogens is 314 g/mol. The third-order valence-corrected chi connectivity index (χ3v) is 4.51. The van der Waals surface area contributed by atoms with Crippen molar-refractivity contribution < 1.29 is 4.79 Å². The van der Waals surface area contributed by atoms with E-state index >= 15 is 0 Å². The number of carbonyl (C=O) groups excluding carboxylic acids is 1. The summed E-state index contributed by atoms with van der Waals surface area (Å²) < 4.78 is 0. The molecule has 1 amide bonds. The summed E-state index contributed by atoms with van der Waals surface area (Å²) in [6.07, 6.45) is 4.44. The van der Waals surface area contributed by atoms with Crippen molar-refractivity contribution in [2.45, 2.75) is 19.9 Å². The van der Waals surface area contributed by atoms with Crippen LogP contribution in [-0.2, 0) is 13.0 Å². The van der Waals surface area contributed by atoms with Gasteiger partial charge < -0.3 is 10.2 Å². The second kappa shape index (κ2) is 6.12. The molecule has 0 spiro atoms. The van der Waals surface area contributed by atoms with Crippen LogP contribution in [0.25, 0.3) is 10.8 Å². The highest BCUT2D eigenvalue weighted by Crippen LogP contribution is 2.26. The number of hydrogen-bond donors (Lipinski definition) is 1. The molecule has 0 saturated carbocycles. The Morgan fingerprint density at radius 3 is 3.00 bits per heavy atom. The molecule has 25 heavy (non-hydrogen) atoms. The van der Waals surface area contributed by atoms with E-state index in [-0.39, 0.29) is 5.91 Å². The Kier molecular flexibility index (Phi) is 3.80. The van der Waals surface area contributed by atoms with E-state index in [1.54, 1.807) is 0 Å². The molecule has 1 N–H and O–H groups in total. The predicted molar refractivity (Wildman–Crippen MR) is 96.7 cm³/mol. The molecule has 1 aliphatic rings. The lowest BCUT2D eigenvalue weighted by atomic mass is 10.0. The number of rotatable bonds is 3. The number of aromatic nitrogens is 3. The van der Waals surface area contributed by atoms with E-state index in [2.05, 4.69) is 37.3 Å². The molecule has 2 aromatic heterocycles. The standard InChI is InChI=1S/C19H19N5O/c1-12-22-17-16(7-9-21-19(17)25)18(23-12)24(2)11-14-5-3-4-13-10-20-8-6-15(13)14/h3-6,8,10H,7,9,11H2,1-2H3,(H,21,25). The summed E-state index contributed by atoms with van der Waals surface area (Å²) in [5, 5.41) is 5.15. The molecular formula is C19H19N5O. The topological polar surface area (TPSA) is 71.0 Å². The number of nitrogens with one attached hydrogen (secondary N) is 1. The lowest BCUT2D eigenvalue weighted by Gasteiger charge is -2.25. The molecule has 0 aliphatic carbocycles. The summed E-state index contributed by atoms with van der Waals surface area (Å²) in [4.78, 5) is 27.4. The second-order valence-corrected chi connectivity index (χ2v) is 6.30. The van der Waals surface area contributed by atoms with Crippen LogP contribution < -0.4 is 10.2 Å². The van der Waals surface area contributed by atoms with Gasteiger partial charge in [0.2, 0.25) is 0 Å². The van der Waals surface area contributed by atoms with Crippen molar-refractivity contribution in [1.82, 2.24) is 20.3 Å². The fourth-order valence-corrected chi connectivity index (χ4v) is 3.36. The van der Waals surface area contributed by atoms with Gasteiger partial charge in [0.15, 0.2) is 0 Å². The van der Waals surface area contributed by atoms with Gasteiger partial charge in [-0.2, -0.15) is 0 Å². The lowest BCUT2D eigenvalue weighted by Crippen LogP contribution is -2.35. The molecule has 6 nitrogen and oxygen atoms in total. The third-order valence-electron chi connectivity index (χ3n) is 4.51. The van der Waals surface area contributed by atoms with E-state index in [0.717, 1.165) is 23.2 Å². The zero-order chi connectivity index (χ0) is 17.4. The average Bonchev–Trinajstić information content (AvgIpc) is 2.62. The van der Waals surface area contributed by atoms with Crippen LogP contribution in [0, 0.1) is 6.92 Å². The number of anilines is 1. The van der Waals surface area contributed by atoms with Crippen molar-refractivity contribution in [3.05, 3.63) is 59.3 Å². The highest BCUT2D eigenvalue weighted by atomic mass is 16.1. The molecule has 3 heterocycles. The minimum atomic E-state index is -0.113. The quantitative estimate of drug-likeness (QED) is 0.796. The number of benzene rings is 1. The van der Waals surface area contributed by atoms with Crippen molar-refractivity contribution in [2.75, 3.05) is 18.5 Å². The fourth-order valence-electron chi connectivity index (χ4n) is 3.36. The Bertz CT molecular complexity index is 964. The van der Waals surface area contributed by atoms with Crippen LogP contribution in [-0.4, -0.2) is 34.5 Å². The Labute approximate surface area is 145 Å². The first-order valence-electron chi connectivity index (χ1n) is 8.32. The summed E-state index contributed by atoms with van der Waals surface area (Å²) in [6, 6.07) is 8.26. The van der Waals surface area contributed by atoms with Crippen LogP contribution >= 0.6 is 0 Å². The minimum absolute atomic E-state index is 0.113. The van der Waals surface area contributed by atoms with E-state index in [9.17, 15) is 4.79 Å². The molecule has 4 rings (SSSR count). The maximum absolute atomic E-state index is 12.1. The van der Waals surface area contributed by atoms with Crippen LogP contribution in [0.3, 0.4) is 0 Å². The van der Waals surface area contributed by atoms with Crippen LogP contribution in [0.1, 0.15) is 27.4 Å². The smallest absolute Gasteiger partial charge is 0.270 e. The van der Waals surface area contributed by atoms with Gasteiger partial charge in [-0.15, -0.1) is 0 Å². The summed E-state index contributed by atoms with van der Waals surface area (Å²) in [5.41, 5.74) is 2.63. The van der Waals surface area contributed by atoms with Crippen molar-refractivity contribution in [1.29, 1.82) is 0 Å². The van der Waals surface area contributed by atoms with Crippen molar-refractivity contribution in [3.63, 3.8) is 0 Å². The maximum Gasteiger partial charge on any atom is 0.270 e. The molecule has 126 valence electrons. The molecule has 1 aliphatic heterocycles. The molecule has 1 aromatic carbocycles. The zero-order valence-electron chi connectivity index (χ0n) is 14.3. The van der Waals surface area contributed by atoms with Crippen LogP contribution in [0.15, 0.2) is 36.7 Å². The van der Waals surface area contributed by atoms with Crippen molar-refractivity contribution in [2.24, 2.45) is 0 Å². The van der Waals surface area contributed by atoms with Crippen LogP contribution in [0.2, 0.25) is 0 Å². The van der Waals surface area contributed by atoms with E-state index in [1.165, 1.54) is 10.9 Å². The highest BCUT2D eigenvalue weighted by molar-refractivity contribution is 5.96. The normalized spacial score (nSPS) is 13.4. The highest BCUT2D eigenvalue weighted by Gasteiger charge is 2.24. The second-order valence-electron chi connectivity index (χ2n) is 6.30. The van der Waals surface area contributed by atoms with Gasteiger partial charge in [0, 0.05) is 43.5 Å². The lowest BCUT2D eigenvalue weighted by molar-refractivity contribution is 0.0940. The Morgan fingerprint density at radius 1 is 1.24 bits per heavy atom. The first kappa shape index (κ1) is 15.5. The number of fused-ring (bicyclic) bond motifs is 2. The number of pyridine rings is 1. The first-order chi connectivity index (χ1) is 12.1. The molecule has 0 radical (unpaired) electrons. The number of aryl methyl sites for hydroxylation is 1. The summed E-state index contributed by atoms with van der Waals surface area (Å²) in [6.45, 7) is 3.15. The van der Waals surface area contributed by atoms with E-state index in [4.69, 9.17) is 0 Å². The van der Waals surface area contributed by atoms with E-state index < -0.39 is 0 Å². The molecule has 0 bridgehead atoms. The fraction of sp³-hybridized carbons (Fsp3) is 0.263. The summed E-state index contributed by atoms with van der Waals surface area (Å²) in [5.74, 6) is 1.33. The zero-order valence-corrected chi connectivity index (χ0v) is 14.3. The Morgan fingerprint density at radius 2 is 2.12 bits per heavy atom. The molecule has 3 aromatic rings. The molecule has 0 unspecified atom stereocenters. The third kappa shape index (κ3) is 2.80. The van der Waals surface area contributed by atoms with Gasteiger partial charge in [-0.1, -0.05) is 18.2 Å². The van der Waals surface area contributed by atoms with Gasteiger partial charge in [-0.25, -0.2) is 9.97 Å². The molecule has 0 atom stereocenters. The monoisotopic (exact) mass is 333 g/mol. The number of carbonyl (C=O) groups is 1. The molecule has 6 heteroatoms. The summed E-state index contributed by atoms with van der Waals surface area (Å²) >= 11 is 0. The molecule has 0 fully saturated rings. The van der Waals surface area contributed by atoms with E-state index in [0.29, 0.717) is 24.6 Å². The van der Waals surface area contributed by atoms with E-state index in [1.807, 2.05) is 38.5 Å². The Hall–Kier alpha value is -3.02. The number of hydrogen-bond acceptors (Lipinski definition) is 5. The predicted octanol–water partition coefficient (Wildman–Crippen LogP) is 2.26. The molecule has 0 saturated heterocycles. The van der Waals surface area contributed by atoms with Gasteiger partial charge in [-0.05, 0) is 30.4 Å². The van der Waals surface area contributed by atoms with Gasteiger partial charge in [0.05, 0.1) is 0 Å². The number of amides is 1. The van der Waals surface area contributed by atoms with Gasteiger partial charge in [0.1, 0.15) is 17.3 Å². The Balaban J connectivity index is 1.74. The van der Waals surface area contributed by atoms with Gasteiger partial charge in [0.25, 0.3) is 5.91 Å². The minimum Gasteiger partial charge on any atom is -0.355 e. The van der Waals surface area contributed by atoms with Gasteiger partial charge >= 0.3 is 0 Å². The average molecular weight is 333 g/mol. The van der Waals surface area contributed by atoms with Crippen LogP contribution in [0.4, 0.5) is 5.82 Å². The SMILES string of the molecule is Cc1nc2c(c(N(C)Cc3cccc4cnccc34)n1)CCNC2=O. The van der Waals surface area contributed by atoms with Crippen molar-refractivity contribution in [3.8, 4) is 0 Å². The van der Waals surface area contributed by atoms with Crippen molar-refractivity contribution >= 4 is 22.5 Å². The largest absolute Gasteiger partial charge is 0.355 e. The first-order valence-corrected chi connectivity index (χ1v) is 8.32. The van der Waals surface area contributed by atoms with Crippen LogP contribution in [0.5, 0.6) is 0 Å². The maximum atomic E-state index is 12.1.